The monoisotopic (exact) mass is 474 g/mol. The average Bonchev–Trinajstić information content (AvgIpc) is 3.19. The third kappa shape index (κ3) is 6.77. The number of nitrogens with one attached hydrogen (secondary N) is 2. The van der Waals surface area contributed by atoms with E-state index in [1.165, 1.54) is 17.4 Å². The van der Waals surface area contributed by atoms with Crippen LogP contribution in [0.5, 0.6) is 16.7 Å². The number of hydrogen-bond acceptors (Lipinski definition) is 8. The number of rotatable bonds is 10. The van der Waals surface area contributed by atoms with Crippen LogP contribution in [0.2, 0.25) is 0 Å². The van der Waals surface area contributed by atoms with E-state index >= 15 is 0 Å². The molecule has 1 aliphatic rings. The topological polar surface area (TPSA) is 128 Å². The van der Waals surface area contributed by atoms with Crippen molar-refractivity contribution in [1.29, 1.82) is 0 Å². The zero-order valence-corrected chi connectivity index (χ0v) is 19.6. The van der Waals surface area contributed by atoms with Gasteiger partial charge >= 0.3 is 5.91 Å². The minimum Gasteiger partial charge on any atom is -0.488 e. The Morgan fingerprint density at radius 3 is 2.73 bits per heavy atom. The van der Waals surface area contributed by atoms with Crippen LogP contribution in [0.15, 0.2) is 35.9 Å². The van der Waals surface area contributed by atoms with Crippen LogP contribution in [0, 0.1) is 0 Å². The smallest absolute Gasteiger partial charge is 0.339 e. The van der Waals surface area contributed by atoms with Gasteiger partial charge in [0.05, 0.1) is 12.2 Å². The van der Waals surface area contributed by atoms with E-state index < -0.39 is 5.91 Å². The number of amidine groups is 1. The highest BCUT2D eigenvalue weighted by Gasteiger charge is 2.24. The number of nitrogens with zero attached hydrogens (tertiary/aromatic N) is 2. The van der Waals surface area contributed by atoms with Crippen LogP contribution in [0.1, 0.15) is 34.2 Å². The Hall–Kier alpha value is -3.44. The van der Waals surface area contributed by atoms with Crippen molar-refractivity contribution in [1.82, 2.24) is 20.5 Å². The van der Waals surface area contributed by atoms with E-state index in [0.29, 0.717) is 23.8 Å². The van der Waals surface area contributed by atoms with Gasteiger partial charge in [-0.2, -0.15) is 4.98 Å². The number of carbonyl (C=O) groups excluding carboxylic acids is 2. The predicted octanol–water partition coefficient (Wildman–Crippen LogP) is 0.816. The third-order valence-corrected chi connectivity index (χ3v) is 5.34. The van der Waals surface area contributed by atoms with Crippen molar-refractivity contribution in [2.75, 3.05) is 33.9 Å². The summed E-state index contributed by atoms with van der Waals surface area (Å²) in [6.45, 7) is 3.71. The van der Waals surface area contributed by atoms with E-state index in [-0.39, 0.29) is 28.6 Å². The van der Waals surface area contributed by atoms with Crippen LogP contribution in [-0.4, -0.2) is 67.5 Å². The molecule has 2 heterocycles. The van der Waals surface area contributed by atoms with Crippen molar-refractivity contribution in [3.05, 3.63) is 47.1 Å². The van der Waals surface area contributed by atoms with Crippen molar-refractivity contribution in [2.24, 2.45) is 0 Å². The molecule has 1 fully saturated rings. The van der Waals surface area contributed by atoms with E-state index in [4.69, 9.17) is 19.6 Å². The first-order valence-corrected chi connectivity index (χ1v) is 11.3. The number of thiazole rings is 1. The Morgan fingerprint density at radius 1 is 1.30 bits per heavy atom. The number of nitrogens with two attached hydrogens (primary N) is 1. The Labute approximate surface area is 196 Å². The van der Waals surface area contributed by atoms with Crippen molar-refractivity contribution < 1.29 is 29.2 Å². The van der Waals surface area contributed by atoms with Crippen LogP contribution < -0.4 is 25.5 Å². The highest BCUT2D eigenvalue weighted by molar-refractivity contribution is 7.11. The highest BCUT2D eigenvalue weighted by Crippen LogP contribution is 2.30. The van der Waals surface area contributed by atoms with E-state index in [0.717, 1.165) is 19.5 Å². The summed E-state index contributed by atoms with van der Waals surface area (Å²) in [4.78, 5) is 31.1. The molecular formula is C22H28N5O5S+. The molecule has 10 nitrogen and oxygen atoms in total. The molecular weight excluding hydrogens is 446 g/mol. The van der Waals surface area contributed by atoms with Gasteiger partial charge in [0.15, 0.2) is 0 Å². The summed E-state index contributed by atoms with van der Waals surface area (Å²) in [5.41, 5.74) is 0.619. The summed E-state index contributed by atoms with van der Waals surface area (Å²) >= 11 is 1.20. The van der Waals surface area contributed by atoms with E-state index in [9.17, 15) is 9.59 Å². The molecule has 4 N–H and O–H groups in total. The van der Waals surface area contributed by atoms with Crippen LogP contribution >= 0.6 is 11.3 Å². The van der Waals surface area contributed by atoms with Gasteiger partial charge in [0.25, 0.3) is 16.9 Å². The van der Waals surface area contributed by atoms with Crippen LogP contribution in [-0.2, 0) is 4.74 Å². The molecule has 0 bridgehead atoms. The molecule has 1 aromatic carbocycles. The fourth-order valence-corrected chi connectivity index (χ4v) is 3.59. The summed E-state index contributed by atoms with van der Waals surface area (Å²) in [7, 11) is 3.30. The normalized spacial score (nSPS) is 13.8. The lowest BCUT2D eigenvalue weighted by molar-refractivity contribution is -0.115. The molecule has 33 heavy (non-hydrogen) atoms. The van der Waals surface area contributed by atoms with Gasteiger partial charge in [-0.25, -0.2) is 10.1 Å². The first kappa shape index (κ1) is 24.2. The number of amides is 2. The number of ether oxygens (including phenoxy) is 3. The fraction of sp³-hybridized carbons (Fsp3) is 0.364. The molecule has 176 valence electrons. The van der Waals surface area contributed by atoms with Gasteiger partial charge in [-0.3, -0.25) is 10.2 Å². The number of hydrogen-bond donors (Lipinski definition) is 3. The highest BCUT2D eigenvalue weighted by atomic mass is 32.1. The van der Waals surface area contributed by atoms with Gasteiger partial charge in [0.2, 0.25) is 0 Å². The quantitative estimate of drug-likeness (QED) is 0.344. The number of aromatic nitrogens is 1. The molecule has 1 saturated heterocycles. The second kappa shape index (κ2) is 11.4. The maximum Gasteiger partial charge on any atom is 0.339 e. The standard InChI is InChI=1S/C22H27N5O5S/c1-14(12-30-3)31-16-9-15(20(28)26-19(23)5-6-24-2)10-17(11-16)32-22-25-18(13-33-22)21(29)27-7-4-8-27/h5-6,9-11,13-14,24H,4,7-8,12H2,1-3H3,(H2,23,26,28)/p+1/b6-5-/t14-/m0/s1. The summed E-state index contributed by atoms with van der Waals surface area (Å²) < 4.78 is 16.8. The molecule has 2 amide bonds. The van der Waals surface area contributed by atoms with Crippen molar-refractivity contribution in [3.63, 3.8) is 0 Å². The Kier molecular flexibility index (Phi) is 8.39. The van der Waals surface area contributed by atoms with E-state index in [2.05, 4.69) is 15.6 Å². The molecule has 0 radical (unpaired) electrons. The SMILES string of the molecule is CN/C=C\C(=[NH2+])NC(=O)c1cc(Oc2nc(C(=O)N3CCC3)cs2)cc(O[C@@H](C)COC)c1. The summed E-state index contributed by atoms with van der Waals surface area (Å²) in [5.74, 6) is 0.378. The zero-order chi connectivity index (χ0) is 23.8. The molecule has 1 aliphatic heterocycles. The Balaban J connectivity index is 1.80. The van der Waals surface area contributed by atoms with Crippen molar-refractivity contribution in [3.8, 4) is 16.7 Å². The molecule has 0 aliphatic carbocycles. The van der Waals surface area contributed by atoms with E-state index in [1.54, 1.807) is 48.8 Å². The molecule has 1 aromatic heterocycles. The molecule has 1 atom stereocenters. The maximum atomic E-state index is 12.7. The lowest BCUT2D eigenvalue weighted by atomic mass is 10.2. The largest absolute Gasteiger partial charge is 0.488 e. The van der Waals surface area contributed by atoms with Crippen LogP contribution in [0.4, 0.5) is 0 Å². The molecule has 3 rings (SSSR count). The summed E-state index contributed by atoms with van der Waals surface area (Å²) in [6.07, 6.45) is 3.88. The van der Waals surface area contributed by atoms with Crippen LogP contribution in [0.25, 0.3) is 0 Å². The minimum atomic E-state index is -0.435. The number of benzene rings is 1. The summed E-state index contributed by atoms with van der Waals surface area (Å²) in [6, 6.07) is 4.79. The zero-order valence-electron chi connectivity index (χ0n) is 18.8. The first-order valence-electron chi connectivity index (χ1n) is 10.4. The maximum absolute atomic E-state index is 12.7. The lowest BCUT2D eigenvalue weighted by Gasteiger charge is -2.29. The molecule has 2 aromatic rings. The molecule has 0 unspecified atom stereocenters. The Morgan fingerprint density at radius 2 is 2.06 bits per heavy atom. The fourth-order valence-electron chi connectivity index (χ4n) is 2.93. The molecule has 0 saturated carbocycles. The Bertz CT molecular complexity index is 1030. The van der Waals surface area contributed by atoms with Gasteiger partial charge < -0.3 is 24.4 Å². The lowest BCUT2D eigenvalue weighted by Crippen LogP contribution is -2.49. The van der Waals surface area contributed by atoms with Gasteiger partial charge in [-0.05, 0) is 25.5 Å². The van der Waals surface area contributed by atoms with E-state index in [1.807, 2.05) is 6.92 Å². The number of carbonyl (C=O) groups is 2. The van der Waals surface area contributed by atoms with Crippen LogP contribution in [0.3, 0.4) is 0 Å². The minimum absolute atomic E-state index is 0.112. The van der Waals surface area contributed by atoms with Crippen molar-refractivity contribution in [2.45, 2.75) is 19.4 Å². The second-order valence-corrected chi connectivity index (χ2v) is 8.18. The second-order valence-electron chi connectivity index (χ2n) is 7.35. The van der Waals surface area contributed by atoms with Gasteiger partial charge in [-0.1, -0.05) is 11.3 Å². The number of likely N-dealkylation sites (tertiary alicyclic amines) is 1. The van der Waals surface area contributed by atoms with Gasteiger partial charge in [0.1, 0.15) is 23.3 Å². The van der Waals surface area contributed by atoms with Gasteiger partial charge in [0, 0.05) is 51.0 Å². The molecule has 11 heteroatoms. The number of methoxy groups -OCH3 is 1. The molecule has 0 spiro atoms. The van der Waals surface area contributed by atoms with Gasteiger partial charge in [-0.15, -0.1) is 0 Å². The predicted molar refractivity (Wildman–Crippen MR) is 124 cm³/mol. The third-order valence-electron chi connectivity index (χ3n) is 4.62. The summed E-state index contributed by atoms with van der Waals surface area (Å²) in [5, 5.41) is 13.2. The first-order chi connectivity index (χ1) is 15.9. The average molecular weight is 475 g/mol. The van der Waals surface area contributed by atoms with Crippen molar-refractivity contribution >= 4 is 29.0 Å².